The van der Waals surface area contributed by atoms with E-state index in [1.807, 2.05) is 18.2 Å². The topological polar surface area (TPSA) is 61.4 Å². The molecule has 2 aliphatic heterocycles. The number of imide groups is 1. The number of hydrogen-bond donors (Lipinski definition) is 2. The number of benzene rings is 2. The first-order valence-electron chi connectivity index (χ1n) is 7.31. The number of hydrogen-bond acceptors (Lipinski definition) is 4. The molecule has 0 atom stereocenters. The van der Waals surface area contributed by atoms with Crippen molar-refractivity contribution in [2.75, 3.05) is 23.3 Å². The van der Waals surface area contributed by atoms with Crippen molar-refractivity contribution in [3.63, 3.8) is 0 Å². The van der Waals surface area contributed by atoms with Crippen LogP contribution in [0.4, 0.5) is 11.4 Å². The molecule has 2 amide bonds. The Morgan fingerprint density at radius 2 is 1.64 bits per heavy atom. The second kappa shape index (κ2) is 4.96. The molecular formula is C17H15N3O2. The van der Waals surface area contributed by atoms with E-state index in [4.69, 9.17) is 0 Å². The van der Waals surface area contributed by atoms with Crippen molar-refractivity contribution in [2.24, 2.45) is 0 Å². The lowest BCUT2D eigenvalue weighted by molar-refractivity contribution is 0.0926. The molecule has 2 heterocycles. The zero-order valence-corrected chi connectivity index (χ0v) is 11.9. The van der Waals surface area contributed by atoms with Crippen LogP contribution in [0.3, 0.4) is 0 Å². The van der Waals surface area contributed by atoms with Crippen LogP contribution in [0.1, 0.15) is 26.3 Å². The summed E-state index contributed by atoms with van der Waals surface area (Å²) in [5.41, 5.74) is 3.66. The summed E-state index contributed by atoms with van der Waals surface area (Å²) in [6.07, 6.45) is 0. The number of anilines is 2. The predicted molar refractivity (Wildman–Crippen MR) is 84.2 cm³/mol. The van der Waals surface area contributed by atoms with Gasteiger partial charge >= 0.3 is 0 Å². The van der Waals surface area contributed by atoms with Crippen molar-refractivity contribution >= 4 is 23.2 Å². The van der Waals surface area contributed by atoms with Crippen molar-refractivity contribution in [3.05, 3.63) is 59.2 Å². The summed E-state index contributed by atoms with van der Waals surface area (Å²) in [5.74, 6) is -0.514. The van der Waals surface area contributed by atoms with Gasteiger partial charge in [0, 0.05) is 25.3 Å². The van der Waals surface area contributed by atoms with Crippen molar-refractivity contribution in [3.8, 4) is 0 Å². The lowest BCUT2D eigenvalue weighted by Gasteiger charge is -2.16. The Kier molecular flexibility index (Phi) is 2.94. The number of rotatable bonds is 1. The van der Waals surface area contributed by atoms with Crippen LogP contribution in [0.5, 0.6) is 0 Å². The molecule has 4 rings (SSSR count). The van der Waals surface area contributed by atoms with E-state index in [0.29, 0.717) is 16.8 Å². The highest BCUT2D eigenvalue weighted by atomic mass is 16.2. The van der Waals surface area contributed by atoms with E-state index < -0.39 is 0 Å². The molecule has 0 unspecified atom stereocenters. The first-order chi connectivity index (χ1) is 10.8. The van der Waals surface area contributed by atoms with Gasteiger partial charge < -0.3 is 10.6 Å². The average Bonchev–Trinajstić information content (AvgIpc) is 2.71. The molecule has 0 radical (unpaired) electrons. The summed E-state index contributed by atoms with van der Waals surface area (Å²) in [5, 5.41) is 6.64. The van der Waals surface area contributed by atoms with Gasteiger partial charge in [-0.25, -0.2) is 4.90 Å². The van der Waals surface area contributed by atoms with Crippen LogP contribution < -0.4 is 15.5 Å². The molecule has 2 N–H and O–H groups in total. The molecule has 110 valence electrons. The molecule has 0 fully saturated rings. The molecule has 5 heteroatoms. The van der Waals surface area contributed by atoms with Gasteiger partial charge in [0.05, 0.1) is 16.8 Å². The smallest absolute Gasteiger partial charge is 0.266 e. The molecule has 0 saturated carbocycles. The minimum atomic E-state index is -0.257. The Balaban J connectivity index is 1.76. The number of carbonyl (C=O) groups is 2. The molecule has 0 spiro atoms. The number of carbonyl (C=O) groups excluding carboxylic acids is 2. The second-order valence-electron chi connectivity index (χ2n) is 5.44. The highest BCUT2D eigenvalue weighted by Crippen LogP contribution is 2.31. The molecule has 0 aromatic heterocycles. The van der Waals surface area contributed by atoms with Crippen LogP contribution in [-0.4, -0.2) is 24.9 Å². The van der Waals surface area contributed by atoms with E-state index in [1.54, 1.807) is 24.3 Å². The quantitative estimate of drug-likeness (QED) is 0.790. The molecule has 0 bridgehead atoms. The van der Waals surface area contributed by atoms with Crippen LogP contribution in [0, 0.1) is 0 Å². The van der Waals surface area contributed by atoms with Gasteiger partial charge in [-0.2, -0.15) is 0 Å². The zero-order chi connectivity index (χ0) is 15.1. The first-order valence-corrected chi connectivity index (χ1v) is 7.31. The summed E-state index contributed by atoms with van der Waals surface area (Å²) < 4.78 is 0. The van der Waals surface area contributed by atoms with Crippen LogP contribution in [0.25, 0.3) is 0 Å². The van der Waals surface area contributed by atoms with Crippen molar-refractivity contribution in [1.29, 1.82) is 0 Å². The number of nitrogens with zero attached hydrogens (tertiary/aromatic N) is 1. The molecule has 22 heavy (non-hydrogen) atoms. The van der Waals surface area contributed by atoms with Gasteiger partial charge in [-0.1, -0.05) is 18.2 Å². The fraction of sp³-hybridized carbons (Fsp3) is 0.176. The van der Waals surface area contributed by atoms with E-state index in [2.05, 4.69) is 10.6 Å². The maximum absolute atomic E-state index is 12.5. The van der Waals surface area contributed by atoms with Gasteiger partial charge in [-0.15, -0.1) is 0 Å². The maximum atomic E-state index is 12.5. The Hall–Kier alpha value is -2.66. The SMILES string of the molecule is O=C1c2ccccc2C(=O)N1c1ccc2c(c1)NCCNC2. The van der Waals surface area contributed by atoms with Crippen LogP contribution in [0.15, 0.2) is 42.5 Å². The fourth-order valence-electron chi connectivity index (χ4n) is 2.95. The van der Waals surface area contributed by atoms with Gasteiger partial charge in [0.25, 0.3) is 11.8 Å². The number of amides is 2. The van der Waals surface area contributed by atoms with Gasteiger partial charge in [-0.05, 0) is 29.8 Å². The standard InChI is InChI=1S/C17H15N3O2/c21-16-13-3-1-2-4-14(13)17(22)20(16)12-6-5-11-10-18-7-8-19-15(11)9-12/h1-6,9,18-19H,7-8,10H2. The average molecular weight is 293 g/mol. The fourth-order valence-corrected chi connectivity index (χ4v) is 2.95. The van der Waals surface area contributed by atoms with Gasteiger partial charge in [0.1, 0.15) is 0 Å². The Morgan fingerprint density at radius 1 is 0.909 bits per heavy atom. The van der Waals surface area contributed by atoms with Gasteiger partial charge in [-0.3, -0.25) is 9.59 Å². The molecule has 5 nitrogen and oxygen atoms in total. The van der Waals surface area contributed by atoms with Crippen LogP contribution in [0.2, 0.25) is 0 Å². The summed E-state index contributed by atoms with van der Waals surface area (Å²) in [6.45, 7) is 2.49. The van der Waals surface area contributed by atoms with Crippen molar-refractivity contribution in [1.82, 2.24) is 5.32 Å². The molecule has 0 aliphatic carbocycles. The molecule has 2 aromatic rings. The lowest BCUT2D eigenvalue weighted by Crippen LogP contribution is -2.29. The second-order valence-corrected chi connectivity index (χ2v) is 5.44. The zero-order valence-electron chi connectivity index (χ0n) is 11.9. The molecule has 0 saturated heterocycles. The van der Waals surface area contributed by atoms with Crippen LogP contribution >= 0.6 is 0 Å². The van der Waals surface area contributed by atoms with Gasteiger partial charge in [0.15, 0.2) is 0 Å². The minimum Gasteiger partial charge on any atom is -0.383 e. The summed E-state index contributed by atoms with van der Waals surface area (Å²) >= 11 is 0. The third kappa shape index (κ3) is 1.90. The highest BCUT2D eigenvalue weighted by Gasteiger charge is 2.36. The molecule has 2 aromatic carbocycles. The van der Waals surface area contributed by atoms with E-state index in [9.17, 15) is 9.59 Å². The van der Waals surface area contributed by atoms with Gasteiger partial charge in [0.2, 0.25) is 0 Å². The Morgan fingerprint density at radius 3 is 2.36 bits per heavy atom. The summed E-state index contributed by atoms with van der Waals surface area (Å²) in [4.78, 5) is 26.3. The lowest BCUT2D eigenvalue weighted by atomic mass is 10.1. The first kappa shape index (κ1) is 13.0. The summed E-state index contributed by atoms with van der Waals surface area (Å²) in [7, 11) is 0. The third-order valence-electron chi connectivity index (χ3n) is 4.08. The molecule has 2 aliphatic rings. The monoisotopic (exact) mass is 293 g/mol. The van der Waals surface area contributed by atoms with E-state index in [0.717, 1.165) is 30.9 Å². The predicted octanol–water partition coefficient (Wildman–Crippen LogP) is 2.00. The van der Waals surface area contributed by atoms with Crippen LogP contribution in [-0.2, 0) is 6.54 Å². The maximum Gasteiger partial charge on any atom is 0.266 e. The minimum absolute atomic E-state index is 0.257. The van der Waals surface area contributed by atoms with E-state index in [1.165, 1.54) is 4.90 Å². The molecular weight excluding hydrogens is 278 g/mol. The number of nitrogens with one attached hydrogen (secondary N) is 2. The Bertz CT molecular complexity index is 750. The Labute approximate surface area is 127 Å². The highest BCUT2D eigenvalue weighted by molar-refractivity contribution is 6.34. The largest absolute Gasteiger partial charge is 0.383 e. The van der Waals surface area contributed by atoms with Crippen molar-refractivity contribution < 1.29 is 9.59 Å². The van der Waals surface area contributed by atoms with E-state index >= 15 is 0 Å². The third-order valence-corrected chi connectivity index (χ3v) is 4.08. The number of fused-ring (bicyclic) bond motifs is 2. The summed E-state index contributed by atoms with van der Waals surface area (Å²) in [6, 6.07) is 12.6. The van der Waals surface area contributed by atoms with E-state index in [-0.39, 0.29) is 11.8 Å². The normalized spacial score (nSPS) is 16.8. The van der Waals surface area contributed by atoms with Crippen molar-refractivity contribution in [2.45, 2.75) is 6.54 Å².